The van der Waals surface area contributed by atoms with Gasteiger partial charge >= 0.3 is 12.0 Å². The number of ether oxygens (including phenoxy) is 4. The smallest absolute Gasteiger partial charge is 0.356 e. The molecule has 48 heavy (non-hydrogen) atoms. The van der Waals surface area contributed by atoms with Gasteiger partial charge in [-0.15, -0.1) is 0 Å². The zero-order chi connectivity index (χ0) is 34.2. The van der Waals surface area contributed by atoms with Crippen LogP contribution in [-0.2, 0) is 14.8 Å². The van der Waals surface area contributed by atoms with Gasteiger partial charge in [-0.3, -0.25) is 4.98 Å². The van der Waals surface area contributed by atoms with E-state index in [1.807, 2.05) is 0 Å². The molecule has 0 amide bonds. The summed E-state index contributed by atoms with van der Waals surface area (Å²) in [5, 5.41) is 2.56. The van der Waals surface area contributed by atoms with Crippen LogP contribution in [0.1, 0.15) is 23.3 Å². The van der Waals surface area contributed by atoms with Crippen LogP contribution in [0, 0.1) is 17.5 Å². The van der Waals surface area contributed by atoms with E-state index < -0.39 is 38.3 Å². The number of fused-ring (bicyclic) bond motifs is 1. The number of benzene rings is 2. The van der Waals surface area contributed by atoms with Gasteiger partial charge in [-0.1, -0.05) is 0 Å². The average Bonchev–Trinajstić information content (AvgIpc) is 3.86. The zero-order valence-electron chi connectivity index (χ0n) is 25.4. The largest absolute Gasteiger partial charge is 0.480 e. The van der Waals surface area contributed by atoms with Crippen molar-refractivity contribution in [3.05, 3.63) is 78.0 Å². The number of nitrogens with one attached hydrogen (secondary N) is 2. The lowest BCUT2D eigenvalue weighted by Crippen LogP contribution is -2.26. The molecule has 1 aliphatic rings. The standard InChI is InChI=1S/C31H25F3N6O7S/c1-44-29-21(13-36-31(39-29)46-3)15-6-22(34)27-23(7-15)35-14-25(48(42,43)40-18-4-5-18)28(27)38-26-12-20(11-24(37-26)30(41)45-2)47-19-9-16(32)8-17(33)10-19/h6-14,18,40H,4-5H2,1-3H3,(H,35,37,38). The van der Waals surface area contributed by atoms with Crippen LogP contribution in [0.2, 0.25) is 0 Å². The molecule has 0 saturated heterocycles. The summed E-state index contributed by atoms with van der Waals surface area (Å²) in [4.78, 5) is 28.8. The maximum atomic E-state index is 16.2. The molecule has 17 heteroatoms. The second kappa shape index (κ2) is 12.9. The van der Waals surface area contributed by atoms with Gasteiger partial charge in [0.1, 0.15) is 39.7 Å². The maximum absolute atomic E-state index is 16.2. The highest BCUT2D eigenvalue weighted by Gasteiger charge is 2.31. The molecule has 1 fully saturated rings. The molecule has 0 unspecified atom stereocenters. The molecule has 6 rings (SSSR count). The van der Waals surface area contributed by atoms with Crippen molar-refractivity contribution in [1.29, 1.82) is 0 Å². The second-order valence-electron chi connectivity index (χ2n) is 10.4. The summed E-state index contributed by atoms with van der Waals surface area (Å²) in [5.41, 5.74) is -0.0133. The number of anilines is 2. The number of carbonyl (C=O) groups is 1. The number of methoxy groups -OCH3 is 3. The van der Waals surface area contributed by atoms with Gasteiger partial charge in [0.2, 0.25) is 15.9 Å². The van der Waals surface area contributed by atoms with Gasteiger partial charge < -0.3 is 24.3 Å². The number of rotatable bonds is 11. The average molecular weight is 683 g/mol. The van der Waals surface area contributed by atoms with Gasteiger partial charge in [-0.25, -0.2) is 41.1 Å². The summed E-state index contributed by atoms with van der Waals surface area (Å²) >= 11 is 0. The van der Waals surface area contributed by atoms with E-state index in [0.29, 0.717) is 24.5 Å². The molecule has 1 aliphatic carbocycles. The number of sulfonamides is 1. The minimum Gasteiger partial charge on any atom is -0.480 e. The predicted molar refractivity (Wildman–Crippen MR) is 164 cm³/mol. The number of hydrogen-bond donors (Lipinski definition) is 2. The number of esters is 1. The van der Waals surface area contributed by atoms with Gasteiger partial charge in [-0.05, 0) is 30.5 Å². The van der Waals surface area contributed by atoms with Gasteiger partial charge in [0.15, 0.2) is 5.69 Å². The Balaban J connectivity index is 1.51. The van der Waals surface area contributed by atoms with Crippen molar-refractivity contribution >= 4 is 38.4 Å². The maximum Gasteiger partial charge on any atom is 0.356 e. The number of pyridine rings is 2. The normalized spacial score (nSPS) is 12.9. The summed E-state index contributed by atoms with van der Waals surface area (Å²) < 4.78 is 94.3. The predicted octanol–water partition coefficient (Wildman–Crippen LogP) is 5.28. The minimum atomic E-state index is -4.27. The van der Waals surface area contributed by atoms with E-state index in [1.165, 1.54) is 32.5 Å². The van der Waals surface area contributed by atoms with E-state index in [9.17, 15) is 22.0 Å². The van der Waals surface area contributed by atoms with Gasteiger partial charge in [0, 0.05) is 48.8 Å². The first-order valence-electron chi connectivity index (χ1n) is 14.1. The van der Waals surface area contributed by atoms with Crippen LogP contribution in [0.3, 0.4) is 0 Å². The van der Waals surface area contributed by atoms with Crippen molar-refractivity contribution in [3.8, 4) is 34.5 Å². The van der Waals surface area contributed by atoms with E-state index >= 15 is 4.39 Å². The van der Waals surface area contributed by atoms with Crippen molar-refractivity contribution in [2.45, 2.75) is 23.8 Å². The molecule has 0 bridgehead atoms. The molecule has 3 aromatic heterocycles. The highest BCUT2D eigenvalue weighted by molar-refractivity contribution is 7.89. The van der Waals surface area contributed by atoms with Gasteiger partial charge in [0.05, 0.1) is 43.5 Å². The van der Waals surface area contributed by atoms with Crippen molar-refractivity contribution in [2.24, 2.45) is 0 Å². The number of hydrogen-bond acceptors (Lipinski definition) is 12. The van der Waals surface area contributed by atoms with E-state index in [-0.39, 0.29) is 63.1 Å². The van der Waals surface area contributed by atoms with Crippen molar-refractivity contribution < 1.29 is 45.3 Å². The Kier molecular flexibility index (Phi) is 8.72. The summed E-state index contributed by atoms with van der Waals surface area (Å²) in [7, 11) is -0.422. The third kappa shape index (κ3) is 6.77. The summed E-state index contributed by atoms with van der Waals surface area (Å²) in [6.07, 6.45) is 3.67. The summed E-state index contributed by atoms with van der Waals surface area (Å²) in [6, 6.07) is 7.16. The minimum absolute atomic E-state index is 0.0200. The van der Waals surface area contributed by atoms with E-state index in [1.54, 1.807) is 0 Å². The first-order valence-corrected chi connectivity index (χ1v) is 15.6. The Morgan fingerprint density at radius 1 is 0.875 bits per heavy atom. The van der Waals surface area contributed by atoms with Crippen LogP contribution in [0.5, 0.6) is 23.4 Å². The van der Waals surface area contributed by atoms with Crippen molar-refractivity contribution in [3.63, 3.8) is 0 Å². The highest BCUT2D eigenvalue weighted by Crippen LogP contribution is 2.39. The van der Waals surface area contributed by atoms with E-state index in [0.717, 1.165) is 37.6 Å². The third-order valence-electron chi connectivity index (χ3n) is 7.01. The monoisotopic (exact) mass is 682 g/mol. The molecular formula is C31H25F3N6O7S. The van der Waals surface area contributed by atoms with Crippen LogP contribution in [-0.4, -0.2) is 61.7 Å². The Morgan fingerprint density at radius 2 is 1.60 bits per heavy atom. The molecule has 0 radical (unpaired) electrons. The fraction of sp³-hybridized carbons (Fsp3) is 0.194. The topological polar surface area (TPSA) is 164 Å². The molecule has 0 atom stereocenters. The fourth-order valence-electron chi connectivity index (χ4n) is 4.72. The molecule has 0 spiro atoms. The molecule has 2 aromatic carbocycles. The molecule has 1 saturated carbocycles. The molecular weight excluding hydrogens is 657 g/mol. The highest BCUT2D eigenvalue weighted by atomic mass is 32.2. The van der Waals surface area contributed by atoms with Crippen LogP contribution in [0.4, 0.5) is 24.7 Å². The lowest BCUT2D eigenvalue weighted by atomic mass is 10.0. The number of carbonyl (C=O) groups excluding carboxylic acids is 1. The summed E-state index contributed by atoms with van der Waals surface area (Å²) in [5.74, 6) is -4.14. The lowest BCUT2D eigenvalue weighted by molar-refractivity contribution is 0.0593. The first-order chi connectivity index (χ1) is 23.0. The SMILES string of the molecule is COC(=O)c1cc(Oc2cc(F)cc(F)c2)cc(Nc2c(S(=O)(=O)NC3CC3)cnc3cc(-c4cnc(OC)nc4OC)cc(F)c23)n1. The van der Waals surface area contributed by atoms with E-state index in [2.05, 4.69) is 30.0 Å². The quantitative estimate of drug-likeness (QED) is 0.174. The van der Waals surface area contributed by atoms with Crippen LogP contribution in [0.15, 0.2) is 59.8 Å². The van der Waals surface area contributed by atoms with Crippen molar-refractivity contribution in [2.75, 3.05) is 26.6 Å². The van der Waals surface area contributed by atoms with Crippen LogP contribution < -0.4 is 24.2 Å². The molecule has 3 heterocycles. The van der Waals surface area contributed by atoms with Gasteiger partial charge in [0.25, 0.3) is 0 Å². The van der Waals surface area contributed by atoms with Crippen LogP contribution >= 0.6 is 0 Å². The lowest BCUT2D eigenvalue weighted by Gasteiger charge is -2.17. The Morgan fingerprint density at radius 3 is 2.27 bits per heavy atom. The molecule has 2 N–H and O–H groups in total. The van der Waals surface area contributed by atoms with Crippen molar-refractivity contribution in [1.82, 2.24) is 24.7 Å². The summed E-state index contributed by atoms with van der Waals surface area (Å²) in [6.45, 7) is 0. The fourth-order valence-corrected chi connectivity index (χ4v) is 6.13. The Bertz CT molecular complexity index is 2160. The van der Waals surface area contributed by atoms with Gasteiger partial charge in [-0.2, -0.15) is 4.98 Å². The Labute approximate surface area is 271 Å². The molecule has 13 nitrogen and oxygen atoms in total. The van der Waals surface area contributed by atoms with E-state index in [4.69, 9.17) is 18.9 Å². The Hall–Kier alpha value is -5.55. The molecule has 5 aromatic rings. The molecule has 0 aliphatic heterocycles. The zero-order valence-corrected chi connectivity index (χ0v) is 26.2. The second-order valence-corrected chi connectivity index (χ2v) is 12.1. The first kappa shape index (κ1) is 32.4. The number of halogens is 3. The molecule has 248 valence electrons. The van der Waals surface area contributed by atoms with Crippen LogP contribution in [0.25, 0.3) is 22.0 Å². The third-order valence-corrected chi connectivity index (χ3v) is 8.54. The number of aromatic nitrogens is 4. The number of nitrogens with zero attached hydrogens (tertiary/aromatic N) is 4.